The van der Waals surface area contributed by atoms with Gasteiger partial charge in [0.25, 0.3) is 0 Å². The van der Waals surface area contributed by atoms with E-state index in [2.05, 4.69) is 4.74 Å². The molecule has 1 aliphatic rings. The lowest BCUT2D eigenvalue weighted by Crippen LogP contribution is -2.00. The van der Waals surface area contributed by atoms with Crippen LogP contribution >= 0.6 is 0 Å². The Morgan fingerprint density at radius 3 is 2.83 bits per heavy atom. The summed E-state index contributed by atoms with van der Waals surface area (Å²) >= 11 is 0. The molecule has 0 unspecified atom stereocenters. The third-order valence-electron chi connectivity index (χ3n) is 2.49. The smallest absolute Gasteiger partial charge is 0.305 e. The maximum absolute atomic E-state index is 10.7. The van der Waals surface area contributed by atoms with Crippen molar-refractivity contribution in [1.82, 2.24) is 0 Å². The molecule has 70 valence electrons. The fourth-order valence-corrected chi connectivity index (χ4v) is 1.50. The molecule has 2 atom stereocenters. The second kappa shape index (κ2) is 4.45. The first-order valence-corrected chi connectivity index (χ1v) is 4.45. The van der Waals surface area contributed by atoms with Crippen LogP contribution in [-0.4, -0.2) is 24.8 Å². The van der Waals surface area contributed by atoms with E-state index in [-0.39, 0.29) is 5.97 Å². The number of hydrogen-bond acceptors (Lipinski definition) is 3. The number of rotatable bonds is 5. The molecule has 3 heteroatoms. The van der Waals surface area contributed by atoms with Gasteiger partial charge in [-0.25, -0.2) is 0 Å². The summed E-state index contributed by atoms with van der Waals surface area (Å²) in [6.07, 6.45) is 3.61. The normalized spacial score (nSPS) is 26.8. The van der Waals surface area contributed by atoms with Crippen molar-refractivity contribution in [2.45, 2.75) is 25.7 Å². The van der Waals surface area contributed by atoms with E-state index in [9.17, 15) is 4.79 Å². The average molecular weight is 172 g/mol. The molecule has 0 bridgehead atoms. The van der Waals surface area contributed by atoms with Crippen molar-refractivity contribution in [3.8, 4) is 0 Å². The minimum atomic E-state index is -0.129. The van der Waals surface area contributed by atoms with Crippen LogP contribution < -0.4 is 0 Å². The second-order valence-electron chi connectivity index (χ2n) is 3.41. The van der Waals surface area contributed by atoms with Crippen molar-refractivity contribution < 1.29 is 14.6 Å². The second-order valence-corrected chi connectivity index (χ2v) is 3.41. The van der Waals surface area contributed by atoms with E-state index in [0.717, 1.165) is 19.3 Å². The predicted molar refractivity (Wildman–Crippen MR) is 44.5 cm³/mol. The van der Waals surface area contributed by atoms with Crippen LogP contribution in [-0.2, 0) is 9.53 Å². The van der Waals surface area contributed by atoms with Crippen LogP contribution in [0.5, 0.6) is 0 Å². The van der Waals surface area contributed by atoms with Gasteiger partial charge in [-0.2, -0.15) is 0 Å². The summed E-state index contributed by atoms with van der Waals surface area (Å²) in [6, 6.07) is 0. The van der Waals surface area contributed by atoms with Crippen molar-refractivity contribution >= 4 is 5.97 Å². The summed E-state index contributed by atoms with van der Waals surface area (Å²) < 4.78 is 4.52. The van der Waals surface area contributed by atoms with E-state index >= 15 is 0 Å². The average Bonchev–Trinajstić information content (AvgIpc) is 2.83. The van der Waals surface area contributed by atoms with E-state index in [1.165, 1.54) is 7.11 Å². The molecule has 0 saturated heterocycles. The molecule has 1 N–H and O–H groups in total. The van der Waals surface area contributed by atoms with Gasteiger partial charge in [0.05, 0.1) is 7.11 Å². The highest BCUT2D eigenvalue weighted by Gasteiger charge is 2.35. The highest BCUT2D eigenvalue weighted by molar-refractivity contribution is 5.68. The number of ether oxygens (including phenoxy) is 1. The number of aliphatic hydroxyl groups excluding tert-OH is 1. The first-order valence-electron chi connectivity index (χ1n) is 4.45. The van der Waals surface area contributed by atoms with Crippen LogP contribution in [0.2, 0.25) is 0 Å². The molecule has 12 heavy (non-hydrogen) atoms. The molecule has 0 aromatic rings. The first-order chi connectivity index (χ1) is 5.77. The van der Waals surface area contributed by atoms with Gasteiger partial charge in [0.1, 0.15) is 0 Å². The largest absolute Gasteiger partial charge is 0.469 e. The minimum absolute atomic E-state index is 0.129. The summed E-state index contributed by atoms with van der Waals surface area (Å²) in [5.41, 5.74) is 0. The lowest BCUT2D eigenvalue weighted by Gasteiger charge is -1.98. The number of carbonyl (C=O) groups is 1. The number of hydrogen-bond donors (Lipinski definition) is 1. The predicted octanol–water partition coefficient (Wildman–Crippen LogP) is 0.958. The topological polar surface area (TPSA) is 46.5 Å². The van der Waals surface area contributed by atoms with Crippen LogP contribution in [0.3, 0.4) is 0 Å². The molecule has 0 amide bonds. The van der Waals surface area contributed by atoms with Crippen LogP contribution in [0.4, 0.5) is 0 Å². The van der Waals surface area contributed by atoms with Crippen LogP contribution in [0.15, 0.2) is 0 Å². The Bertz CT molecular complexity index is 156. The fraction of sp³-hybridized carbons (Fsp3) is 0.889. The third kappa shape index (κ3) is 2.81. The van der Waals surface area contributed by atoms with E-state index in [0.29, 0.717) is 24.9 Å². The molecule has 0 spiro atoms. The third-order valence-corrected chi connectivity index (χ3v) is 2.49. The van der Waals surface area contributed by atoms with E-state index in [1.807, 2.05) is 0 Å². The molecule has 0 aliphatic heterocycles. The zero-order chi connectivity index (χ0) is 8.97. The Morgan fingerprint density at radius 1 is 1.58 bits per heavy atom. The van der Waals surface area contributed by atoms with E-state index < -0.39 is 0 Å². The van der Waals surface area contributed by atoms with Crippen molar-refractivity contribution in [3.63, 3.8) is 0 Å². The molecule has 1 fully saturated rings. The summed E-state index contributed by atoms with van der Waals surface area (Å²) in [5, 5.41) is 8.74. The quantitative estimate of drug-likeness (QED) is 0.628. The Balaban J connectivity index is 1.94. The molecule has 0 aromatic carbocycles. The van der Waals surface area contributed by atoms with Gasteiger partial charge in [0.2, 0.25) is 0 Å². The first kappa shape index (κ1) is 9.52. The molecular formula is C9H16O3. The van der Waals surface area contributed by atoms with Crippen molar-refractivity contribution in [2.24, 2.45) is 11.8 Å². The number of methoxy groups -OCH3 is 1. The lowest BCUT2D eigenvalue weighted by molar-refractivity contribution is -0.140. The van der Waals surface area contributed by atoms with Crippen LogP contribution in [0, 0.1) is 11.8 Å². The highest BCUT2D eigenvalue weighted by Crippen LogP contribution is 2.41. The Labute approximate surface area is 72.7 Å². The molecule has 0 radical (unpaired) electrons. The molecule has 3 nitrogen and oxygen atoms in total. The fourth-order valence-electron chi connectivity index (χ4n) is 1.50. The molecule has 0 heterocycles. The zero-order valence-corrected chi connectivity index (χ0v) is 7.45. The van der Waals surface area contributed by atoms with E-state index in [4.69, 9.17) is 5.11 Å². The van der Waals surface area contributed by atoms with Crippen LogP contribution in [0.1, 0.15) is 25.7 Å². The van der Waals surface area contributed by atoms with Gasteiger partial charge in [-0.05, 0) is 31.1 Å². The minimum Gasteiger partial charge on any atom is -0.469 e. The Morgan fingerprint density at radius 2 is 2.33 bits per heavy atom. The Hall–Kier alpha value is -0.570. The van der Waals surface area contributed by atoms with Crippen molar-refractivity contribution in [3.05, 3.63) is 0 Å². The molecular weight excluding hydrogens is 156 g/mol. The SMILES string of the molecule is COC(=O)CCC[C@@H]1C[C@H]1CO. The van der Waals surface area contributed by atoms with Crippen molar-refractivity contribution in [2.75, 3.05) is 13.7 Å². The molecule has 1 aliphatic carbocycles. The Kier molecular flexibility index (Phi) is 3.53. The van der Waals surface area contributed by atoms with Gasteiger partial charge >= 0.3 is 5.97 Å². The highest BCUT2D eigenvalue weighted by atomic mass is 16.5. The van der Waals surface area contributed by atoms with Gasteiger partial charge in [-0.3, -0.25) is 4.79 Å². The molecule has 0 aromatic heterocycles. The van der Waals surface area contributed by atoms with Gasteiger partial charge in [-0.1, -0.05) is 0 Å². The summed E-state index contributed by atoms with van der Waals surface area (Å²) in [5.74, 6) is 1.05. The van der Waals surface area contributed by atoms with Gasteiger partial charge in [-0.15, -0.1) is 0 Å². The monoisotopic (exact) mass is 172 g/mol. The van der Waals surface area contributed by atoms with Crippen LogP contribution in [0.25, 0.3) is 0 Å². The van der Waals surface area contributed by atoms with E-state index in [1.54, 1.807) is 0 Å². The molecule has 1 saturated carbocycles. The lowest BCUT2D eigenvalue weighted by atomic mass is 10.1. The number of esters is 1. The van der Waals surface area contributed by atoms with Crippen molar-refractivity contribution in [1.29, 1.82) is 0 Å². The summed E-state index contributed by atoms with van der Waals surface area (Å²) in [4.78, 5) is 10.7. The summed E-state index contributed by atoms with van der Waals surface area (Å²) in [6.45, 7) is 0.308. The standard InChI is InChI=1S/C9H16O3/c1-12-9(11)4-2-3-7-5-8(7)6-10/h7-8,10H,2-6H2,1H3/t7-,8+/m1/s1. The maximum Gasteiger partial charge on any atom is 0.305 e. The molecule has 1 rings (SSSR count). The maximum atomic E-state index is 10.7. The van der Waals surface area contributed by atoms with Gasteiger partial charge in [0, 0.05) is 13.0 Å². The number of carbonyl (C=O) groups excluding carboxylic acids is 1. The van der Waals surface area contributed by atoms with Gasteiger partial charge in [0.15, 0.2) is 0 Å². The van der Waals surface area contributed by atoms with Gasteiger partial charge < -0.3 is 9.84 Å². The zero-order valence-electron chi connectivity index (χ0n) is 7.45. The number of aliphatic hydroxyl groups is 1. The summed E-state index contributed by atoms with van der Waals surface area (Å²) in [7, 11) is 1.41.